The molecule has 0 atom stereocenters. The molecule has 0 aliphatic heterocycles. The van der Waals surface area contributed by atoms with E-state index in [1.54, 1.807) is 12.3 Å². The summed E-state index contributed by atoms with van der Waals surface area (Å²) >= 11 is 3.15. The molecule has 0 radical (unpaired) electrons. The van der Waals surface area contributed by atoms with Gasteiger partial charge in [0.25, 0.3) is 5.91 Å². The first-order valence-corrected chi connectivity index (χ1v) is 5.17. The zero-order valence-electron chi connectivity index (χ0n) is 8.07. The van der Waals surface area contributed by atoms with E-state index in [1.807, 2.05) is 0 Å². The van der Waals surface area contributed by atoms with Crippen LogP contribution in [0.4, 0.5) is 11.5 Å². The van der Waals surface area contributed by atoms with Crippen molar-refractivity contribution in [3.8, 4) is 0 Å². The molecule has 1 amide bonds. The second-order valence-electron chi connectivity index (χ2n) is 3.03. The highest BCUT2D eigenvalue weighted by Gasteiger charge is 2.08. The normalized spacial score (nSPS) is 10.1. The second kappa shape index (κ2) is 4.31. The second-order valence-corrected chi connectivity index (χ2v) is 3.84. The van der Waals surface area contributed by atoms with Crippen LogP contribution >= 0.6 is 15.9 Å². The van der Waals surface area contributed by atoms with Gasteiger partial charge in [-0.2, -0.15) is 0 Å². The van der Waals surface area contributed by atoms with Crippen molar-refractivity contribution in [3.63, 3.8) is 0 Å². The average Bonchev–Trinajstić information content (AvgIpc) is 2.68. The number of hydrogen-bond acceptors (Lipinski definition) is 4. The molecule has 0 bridgehead atoms. The molecule has 4 N–H and O–H groups in total. The van der Waals surface area contributed by atoms with Gasteiger partial charge in [0.2, 0.25) is 0 Å². The van der Waals surface area contributed by atoms with Gasteiger partial charge in [-0.3, -0.25) is 4.79 Å². The molecular formula is C9H8BrN5O. The fourth-order valence-corrected chi connectivity index (χ4v) is 1.31. The van der Waals surface area contributed by atoms with Crippen molar-refractivity contribution in [2.24, 2.45) is 0 Å². The minimum Gasteiger partial charge on any atom is -0.397 e. The third-order valence-electron chi connectivity index (χ3n) is 1.81. The Balaban J connectivity index is 2.10. The monoisotopic (exact) mass is 281 g/mol. The van der Waals surface area contributed by atoms with E-state index in [1.165, 1.54) is 12.4 Å². The Labute approximate surface area is 99.4 Å². The number of anilines is 2. The molecule has 0 aromatic carbocycles. The van der Waals surface area contributed by atoms with E-state index < -0.39 is 0 Å². The molecule has 0 saturated carbocycles. The Bertz CT molecular complexity index is 507. The lowest BCUT2D eigenvalue weighted by Crippen LogP contribution is -2.13. The lowest BCUT2D eigenvalue weighted by Gasteiger charge is -2.01. The molecule has 2 heterocycles. The van der Waals surface area contributed by atoms with Gasteiger partial charge < -0.3 is 16.0 Å². The van der Waals surface area contributed by atoms with Crippen LogP contribution in [0.15, 0.2) is 29.3 Å². The predicted molar refractivity (Wildman–Crippen MR) is 62.9 cm³/mol. The number of aromatic nitrogens is 3. The Kier molecular flexibility index (Phi) is 2.86. The molecule has 0 saturated heterocycles. The fourth-order valence-electron chi connectivity index (χ4n) is 1.10. The van der Waals surface area contributed by atoms with E-state index in [-0.39, 0.29) is 5.91 Å². The standard InChI is InChI=1S/C9H8BrN5O/c10-7-3-14-8(4-13-7)15-9(16)6-1-5(11)2-12-6/h1-4,12H,11H2,(H,14,15,16). The van der Waals surface area contributed by atoms with Crippen LogP contribution in [0.1, 0.15) is 10.5 Å². The van der Waals surface area contributed by atoms with Gasteiger partial charge in [0, 0.05) is 11.9 Å². The molecule has 0 spiro atoms. The molecule has 2 aromatic rings. The summed E-state index contributed by atoms with van der Waals surface area (Å²) in [6.07, 6.45) is 4.50. The lowest BCUT2D eigenvalue weighted by atomic mass is 10.4. The maximum atomic E-state index is 11.6. The Morgan fingerprint density at radius 1 is 1.44 bits per heavy atom. The minimum absolute atomic E-state index is 0.312. The molecule has 82 valence electrons. The number of amides is 1. The maximum absolute atomic E-state index is 11.6. The summed E-state index contributed by atoms with van der Waals surface area (Å²) in [5, 5.41) is 2.58. The van der Waals surface area contributed by atoms with E-state index in [4.69, 9.17) is 5.73 Å². The Hall–Kier alpha value is -1.89. The van der Waals surface area contributed by atoms with Crippen LogP contribution in [0.5, 0.6) is 0 Å². The van der Waals surface area contributed by atoms with Gasteiger partial charge in [0.15, 0.2) is 5.82 Å². The number of nitrogen functional groups attached to an aromatic ring is 1. The van der Waals surface area contributed by atoms with Gasteiger partial charge in [-0.1, -0.05) is 0 Å². The van der Waals surface area contributed by atoms with Crippen LogP contribution < -0.4 is 11.1 Å². The maximum Gasteiger partial charge on any atom is 0.273 e. The van der Waals surface area contributed by atoms with Crippen LogP contribution in [0.25, 0.3) is 0 Å². The van der Waals surface area contributed by atoms with Gasteiger partial charge in [-0.25, -0.2) is 9.97 Å². The summed E-state index contributed by atoms with van der Waals surface area (Å²) in [6, 6.07) is 1.54. The van der Waals surface area contributed by atoms with Crippen LogP contribution in [-0.2, 0) is 0 Å². The zero-order valence-corrected chi connectivity index (χ0v) is 9.65. The van der Waals surface area contributed by atoms with Gasteiger partial charge >= 0.3 is 0 Å². The minimum atomic E-state index is -0.312. The largest absolute Gasteiger partial charge is 0.397 e. The number of rotatable bonds is 2. The number of halogens is 1. The Morgan fingerprint density at radius 3 is 2.81 bits per heavy atom. The van der Waals surface area contributed by atoms with Crippen LogP contribution in [0.2, 0.25) is 0 Å². The topological polar surface area (TPSA) is 96.7 Å². The molecule has 0 aliphatic carbocycles. The molecule has 0 unspecified atom stereocenters. The first kappa shape index (κ1) is 10.6. The summed E-state index contributed by atoms with van der Waals surface area (Å²) < 4.78 is 0.606. The van der Waals surface area contributed by atoms with Gasteiger partial charge in [0.1, 0.15) is 10.3 Å². The molecule has 7 heteroatoms. The SMILES string of the molecule is Nc1c[nH]c(C(=O)Nc2cnc(Br)cn2)c1. The number of nitrogens with zero attached hydrogens (tertiary/aromatic N) is 2. The average molecular weight is 282 g/mol. The van der Waals surface area contributed by atoms with Gasteiger partial charge in [0.05, 0.1) is 12.4 Å². The van der Waals surface area contributed by atoms with E-state index >= 15 is 0 Å². The quantitative estimate of drug-likeness (QED) is 0.775. The first-order valence-electron chi connectivity index (χ1n) is 4.38. The molecular weight excluding hydrogens is 274 g/mol. The summed E-state index contributed by atoms with van der Waals surface area (Å²) in [6.45, 7) is 0. The number of hydrogen-bond donors (Lipinski definition) is 3. The highest BCUT2D eigenvalue weighted by molar-refractivity contribution is 9.10. The van der Waals surface area contributed by atoms with Crippen LogP contribution in [0.3, 0.4) is 0 Å². The van der Waals surface area contributed by atoms with Gasteiger partial charge in [-0.15, -0.1) is 0 Å². The van der Waals surface area contributed by atoms with Crippen molar-refractivity contribution < 1.29 is 4.79 Å². The van der Waals surface area contributed by atoms with Gasteiger partial charge in [-0.05, 0) is 22.0 Å². The smallest absolute Gasteiger partial charge is 0.273 e. The van der Waals surface area contributed by atoms with Crippen LogP contribution in [-0.4, -0.2) is 20.9 Å². The van der Waals surface area contributed by atoms with Crippen molar-refractivity contribution in [2.45, 2.75) is 0 Å². The number of aromatic amines is 1. The first-order chi connectivity index (χ1) is 7.65. The molecule has 0 fully saturated rings. The van der Waals surface area contributed by atoms with Crippen molar-refractivity contribution in [3.05, 3.63) is 35.0 Å². The molecule has 6 nitrogen and oxygen atoms in total. The molecule has 0 aliphatic rings. The van der Waals surface area contributed by atoms with Crippen molar-refractivity contribution in [2.75, 3.05) is 11.1 Å². The summed E-state index contributed by atoms with van der Waals surface area (Å²) in [4.78, 5) is 22.3. The molecule has 2 aromatic heterocycles. The van der Waals surface area contributed by atoms with E-state index in [0.717, 1.165) is 0 Å². The Morgan fingerprint density at radius 2 is 2.25 bits per heavy atom. The third-order valence-corrected chi connectivity index (χ3v) is 2.22. The number of nitrogens with one attached hydrogen (secondary N) is 2. The van der Waals surface area contributed by atoms with Crippen molar-refractivity contribution in [1.82, 2.24) is 15.0 Å². The highest BCUT2D eigenvalue weighted by atomic mass is 79.9. The summed E-state index contributed by atoms with van der Waals surface area (Å²) in [7, 11) is 0. The predicted octanol–water partition coefficient (Wildman–Crippen LogP) is 1.40. The van der Waals surface area contributed by atoms with Crippen molar-refractivity contribution >= 4 is 33.3 Å². The van der Waals surface area contributed by atoms with Crippen molar-refractivity contribution in [1.29, 1.82) is 0 Å². The fraction of sp³-hybridized carbons (Fsp3) is 0. The molecule has 2 rings (SSSR count). The van der Waals surface area contributed by atoms with E-state index in [0.29, 0.717) is 21.8 Å². The van der Waals surface area contributed by atoms with E-state index in [2.05, 4.69) is 36.2 Å². The number of carbonyl (C=O) groups is 1. The molecule has 16 heavy (non-hydrogen) atoms. The summed E-state index contributed by atoms with van der Waals surface area (Å²) in [5.74, 6) is 0.0645. The number of nitrogens with two attached hydrogens (primary N) is 1. The van der Waals surface area contributed by atoms with E-state index in [9.17, 15) is 4.79 Å². The lowest BCUT2D eigenvalue weighted by molar-refractivity contribution is 0.102. The van der Waals surface area contributed by atoms with Crippen LogP contribution in [0, 0.1) is 0 Å². The number of H-pyrrole nitrogens is 1. The zero-order chi connectivity index (χ0) is 11.5. The summed E-state index contributed by atoms with van der Waals surface area (Å²) in [5.41, 5.74) is 6.37. The highest BCUT2D eigenvalue weighted by Crippen LogP contribution is 2.09. The third kappa shape index (κ3) is 2.37. The number of carbonyl (C=O) groups excluding carboxylic acids is 1.